The molecule has 116 valence electrons. The van der Waals surface area contributed by atoms with Crippen molar-refractivity contribution in [2.45, 2.75) is 6.42 Å². The highest BCUT2D eigenvalue weighted by Gasteiger charge is 2.17. The Hall–Kier alpha value is -1.02. The molecule has 1 saturated heterocycles. The maximum Gasteiger partial charge on any atom is 0.284 e. The van der Waals surface area contributed by atoms with Crippen molar-refractivity contribution in [1.29, 1.82) is 0 Å². The van der Waals surface area contributed by atoms with Gasteiger partial charge in [0.1, 0.15) is 0 Å². The summed E-state index contributed by atoms with van der Waals surface area (Å²) in [6, 6.07) is 4.48. The van der Waals surface area contributed by atoms with E-state index in [9.17, 15) is 14.9 Å². The Kier molecular flexibility index (Phi) is 7.24. The van der Waals surface area contributed by atoms with E-state index in [0.717, 1.165) is 13.1 Å². The van der Waals surface area contributed by atoms with Gasteiger partial charge in [-0.3, -0.25) is 19.8 Å². The Morgan fingerprint density at radius 2 is 2.05 bits per heavy atom. The monoisotopic (exact) mass is 378 g/mol. The van der Waals surface area contributed by atoms with Crippen LogP contribution in [0.3, 0.4) is 0 Å². The molecule has 0 bridgehead atoms. The number of nitro groups is 1. The first-order chi connectivity index (χ1) is 9.58. The summed E-state index contributed by atoms with van der Waals surface area (Å²) in [7, 11) is 0. The second-order valence-corrected chi connectivity index (χ2v) is 5.40. The van der Waals surface area contributed by atoms with Gasteiger partial charge in [0.15, 0.2) is 5.78 Å². The van der Waals surface area contributed by atoms with E-state index in [1.165, 1.54) is 6.07 Å². The Balaban J connectivity index is 0.00000220. The van der Waals surface area contributed by atoms with Crippen LogP contribution in [0.2, 0.25) is 0 Å². The summed E-state index contributed by atoms with van der Waals surface area (Å²) >= 11 is 3.11. The fourth-order valence-electron chi connectivity index (χ4n) is 2.05. The fourth-order valence-corrected chi connectivity index (χ4v) is 2.45. The van der Waals surface area contributed by atoms with Crippen molar-refractivity contribution in [3.63, 3.8) is 0 Å². The minimum atomic E-state index is -0.497. The van der Waals surface area contributed by atoms with Gasteiger partial charge in [0.2, 0.25) is 0 Å². The summed E-state index contributed by atoms with van der Waals surface area (Å²) in [5.74, 6) is -0.0768. The molecule has 8 heteroatoms. The second kappa shape index (κ2) is 8.43. The number of rotatable bonds is 5. The number of carbonyl (C=O) groups is 1. The Morgan fingerprint density at radius 3 is 2.67 bits per heavy atom. The van der Waals surface area contributed by atoms with E-state index in [2.05, 4.69) is 20.8 Å². The van der Waals surface area contributed by atoms with Crippen LogP contribution < -0.4 is 0 Å². The molecule has 0 radical (unpaired) electrons. The van der Waals surface area contributed by atoms with Gasteiger partial charge >= 0.3 is 0 Å². The van der Waals surface area contributed by atoms with Crippen molar-refractivity contribution in [3.05, 3.63) is 38.3 Å². The minimum absolute atomic E-state index is 0. The van der Waals surface area contributed by atoms with Crippen LogP contribution in [-0.2, 0) is 4.74 Å². The second-order valence-electron chi connectivity index (χ2n) is 4.55. The van der Waals surface area contributed by atoms with Crippen LogP contribution in [0.15, 0.2) is 22.7 Å². The lowest BCUT2D eigenvalue weighted by Gasteiger charge is -2.26. The number of morpholine rings is 1. The van der Waals surface area contributed by atoms with Gasteiger partial charge in [-0.1, -0.05) is 0 Å². The molecule has 1 heterocycles. The molecule has 1 aromatic rings. The molecule has 2 rings (SSSR count). The zero-order valence-corrected chi connectivity index (χ0v) is 13.7. The van der Waals surface area contributed by atoms with Crippen LogP contribution in [0.4, 0.5) is 5.69 Å². The number of hydrogen-bond acceptors (Lipinski definition) is 5. The molecule has 0 unspecified atom stereocenters. The van der Waals surface area contributed by atoms with Gasteiger partial charge in [-0.25, -0.2) is 0 Å². The van der Waals surface area contributed by atoms with Crippen molar-refractivity contribution in [2.75, 3.05) is 32.8 Å². The number of nitro benzene ring substituents is 1. The highest BCUT2D eigenvalue weighted by atomic mass is 79.9. The van der Waals surface area contributed by atoms with Gasteiger partial charge in [-0.15, -0.1) is 12.4 Å². The van der Waals surface area contributed by atoms with Crippen LogP contribution in [-0.4, -0.2) is 48.5 Å². The average molecular weight is 380 g/mol. The maximum absolute atomic E-state index is 12.1. The van der Waals surface area contributed by atoms with Gasteiger partial charge in [-0.05, 0) is 28.1 Å². The summed E-state index contributed by atoms with van der Waals surface area (Å²) < 4.78 is 5.62. The van der Waals surface area contributed by atoms with Gasteiger partial charge in [-0.2, -0.15) is 0 Å². The normalized spacial score (nSPS) is 15.3. The number of benzene rings is 1. The predicted octanol–water partition coefficient (Wildman–Crippen LogP) is 2.68. The molecule has 1 aromatic carbocycles. The summed E-state index contributed by atoms with van der Waals surface area (Å²) in [5.41, 5.74) is 0.301. The van der Waals surface area contributed by atoms with Gasteiger partial charge in [0, 0.05) is 37.7 Å². The van der Waals surface area contributed by atoms with Crippen LogP contribution >= 0.6 is 28.3 Å². The molecule has 0 amide bonds. The lowest BCUT2D eigenvalue weighted by Crippen LogP contribution is -2.37. The number of ketones is 1. The van der Waals surface area contributed by atoms with E-state index in [-0.39, 0.29) is 23.9 Å². The van der Waals surface area contributed by atoms with Crippen LogP contribution in [0.1, 0.15) is 16.8 Å². The van der Waals surface area contributed by atoms with Crippen molar-refractivity contribution in [1.82, 2.24) is 4.90 Å². The molecule has 0 saturated carbocycles. The molecule has 0 aromatic heterocycles. The van der Waals surface area contributed by atoms with Crippen LogP contribution in [0, 0.1) is 10.1 Å². The molecule has 0 aliphatic carbocycles. The molecule has 21 heavy (non-hydrogen) atoms. The molecule has 0 N–H and O–H groups in total. The predicted molar refractivity (Wildman–Crippen MR) is 84.3 cm³/mol. The molecule has 1 aliphatic rings. The fraction of sp³-hybridized carbons (Fsp3) is 0.462. The van der Waals surface area contributed by atoms with E-state index in [0.29, 0.717) is 36.2 Å². The van der Waals surface area contributed by atoms with Crippen molar-refractivity contribution in [2.24, 2.45) is 0 Å². The molecule has 6 nitrogen and oxygen atoms in total. The quantitative estimate of drug-likeness (QED) is 0.447. The smallest absolute Gasteiger partial charge is 0.284 e. The zero-order valence-electron chi connectivity index (χ0n) is 11.3. The number of ether oxygens (including phenoxy) is 1. The Morgan fingerprint density at radius 1 is 1.38 bits per heavy atom. The standard InChI is InChI=1S/C13H15BrN2O4.ClH/c14-11-2-1-10(9-12(11)16(18)19)13(17)3-4-15-5-7-20-8-6-15;/h1-2,9H,3-8H2;1H. The number of halogens is 2. The summed E-state index contributed by atoms with van der Waals surface area (Å²) in [4.78, 5) is 24.6. The van der Waals surface area contributed by atoms with E-state index in [1.807, 2.05) is 0 Å². The number of carbonyl (C=O) groups excluding carboxylic acids is 1. The largest absolute Gasteiger partial charge is 0.379 e. The Labute approximate surface area is 137 Å². The Bertz CT molecular complexity index is 521. The molecule has 1 aliphatic heterocycles. The molecule has 1 fully saturated rings. The highest BCUT2D eigenvalue weighted by molar-refractivity contribution is 9.10. The SMILES string of the molecule is Cl.O=C(CCN1CCOCC1)c1ccc(Br)c([N+](=O)[O-])c1. The summed E-state index contributed by atoms with van der Waals surface area (Å²) in [6.07, 6.45) is 0.360. The van der Waals surface area contributed by atoms with Crippen molar-refractivity contribution >= 4 is 39.8 Å². The van der Waals surface area contributed by atoms with E-state index in [1.54, 1.807) is 12.1 Å². The first-order valence-electron chi connectivity index (χ1n) is 6.35. The van der Waals surface area contributed by atoms with E-state index < -0.39 is 4.92 Å². The third-order valence-corrected chi connectivity index (χ3v) is 3.89. The van der Waals surface area contributed by atoms with Gasteiger partial charge < -0.3 is 4.74 Å². The summed E-state index contributed by atoms with van der Waals surface area (Å²) in [5, 5.41) is 10.8. The lowest BCUT2D eigenvalue weighted by molar-refractivity contribution is -0.385. The first kappa shape index (κ1) is 18.0. The molecule has 0 spiro atoms. The summed E-state index contributed by atoms with van der Waals surface area (Å²) in [6.45, 7) is 3.70. The van der Waals surface area contributed by atoms with E-state index in [4.69, 9.17) is 4.74 Å². The molecular weight excluding hydrogens is 364 g/mol. The number of Topliss-reactive ketones (excluding diaryl/α,β-unsaturated/α-hetero) is 1. The van der Waals surface area contributed by atoms with Crippen LogP contribution in [0.5, 0.6) is 0 Å². The average Bonchev–Trinajstić information content (AvgIpc) is 2.46. The van der Waals surface area contributed by atoms with Gasteiger partial charge in [0.25, 0.3) is 5.69 Å². The van der Waals surface area contributed by atoms with Crippen LogP contribution in [0.25, 0.3) is 0 Å². The molecular formula is C13H16BrClN2O4. The van der Waals surface area contributed by atoms with Crippen molar-refractivity contribution < 1.29 is 14.5 Å². The van der Waals surface area contributed by atoms with E-state index >= 15 is 0 Å². The minimum Gasteiger partial charge on any atom is -0.379 e. The first-order valence-corrected chi connectivity index (χ1v) is 7.14. The highest BCUT2D eigenvalue weighted by Crippen LogP contribution is 2.26. The third kappa shape index (κ3) is 5.03. The zero-order chi connectivity index (χ0) is 14.5. The number of nitrogens with zero attached hydrogens (tertiary/aromatic N) is 2. The van der Waals surface area contributed by atoms with Crippen molar-refractivity contribution in [3.8, 4) is 0 Å². The molecule has 0 atom stereocenters. The topological polar surface area (TPSA) is 72.7 Å². The number of hydrogen-bond donors (Lipinski definition) is 0. The maximum atomic E-state index is 12.1. The van der Waals surface area contributed by atoms with Gasteiger partial charge in [0.05, 0.1) is 22.6 Å². The third-order valence-electron chi connectivity index (χ3n) is 3.22. The lowest BCUT2D eigenvalue weighted by atomic mass is 10.1.